The topological polar surface area (TPSA) is 59.9 Å². The maximum absolute atomic E-state index is 10.5. The molecule has 3 N–H and O–H groups in total. The van der Waals surface area contributed by atoms with Gasteiger partial charge in [-0.15, -0.1) is 11.3 Å². The molecule has 0 aliphatic rings. The van der Waals surface area contributed by atoms with E-state index in [-0.39, 0.29) is 0 Å². The molecule has 2 rings (SSSR count). The molecule has 0 radical (unpaired) electrons. The average Bonchev–Trinajstić information content (AvgIpc) is 3.09. The third kappa shape index (κ3) is 7.13. The minimum atomic E-state index is -0.572. The number of rotatable bonds is 10. The summed E-state index contributed by atoms with van der Waals surface area (Å²) < 4.78 is 1.20. The molecule has 0 spiro atoms. The van der Waals surface area contributed by atoms with Gasteiger partial charge in [-0.1, -0.05) is 18.2 Å². The summed E-state index contributed by atoms with van der Waals surface area (Å²) in [7, 11) is 2.17. The van der Waals surface area contributed by atoms with Crippen LogP contribution in [0.5, 0.6) is 0 Å². The van der Waals surface area contributed by atoms with Gasteiger partial charge >= 0.3 is 0 Å². The van der Waals surface area contributed by atoms with E-state index in [2.05, 4.69) is 66.5 Å². The lowest BCUT2D eigenvalue weighted by Gasteiger charge is -2.20. The lowest BCUT2D eigenvalue weighted by molar-refractivity contribution is 0.191. The first-order valence-corrected chi connectivity index (χ1v) is 10.7. The molecule has 0 aliphatic carbocycles. The zero-order valence-electron chi connectivity index (χ0n) is 17.0. The summed E-state index contributed by atoms with van der Waals surface area (Å²) in [6.07, 6.45) is 1.68. The Morgan fingerprint density at radius 2 is 2.00 bits per heavy atom. The predicted molar refractivity (Wildman–Crippen MR) is 118 cm³/mol. The van der Waals surface area contributed by atoms with Crippen LogP contribution in [0.4, 0.5) is 0 Å². The Morgan fingerprint density at radius 1 is 1.22 bits per heavy atom. The monoisotopic (exact) mass is 390 g/mol. The average molecular weight is 391 g/mol. The van der Waals surface area contributed by atoms with E-state index in [0.29, 0.717) is 12.6 Å². The van der Waals surface area contributed by atoms with Gasteiger partial charge < -0.3 is 20.6 Å². The van der Waals surface area contributed by atoms with Crippen LogP contribution in [0.2, 0.25) is 0 Å². The van der Waals surface area contributed by atoms with Gasteiger partial charge in [0.25, 0.3) is 0 Å². The number of nitrogens with one attached hydrogen (secondary N) is 2. The van der Waals surface area contributed by atoms with Gasteiger partial charge in [0.2, 0.25) is 0 Å². The standard InChI is InChI=1S/C21H34N4OS/c1-5-22-21(23-12-8-9-13-25(4)16(2)3)24-15-18(26)20-14-17-10-6-7-11-19(17)27-20/h6-7,10-11,14,16,18,26H,5,8-9,12-13,15H2,1-4H3,(H2,22,23,24). The molecule has 0 saturated heterocycles. The molecular weight excluding hydrogens is 356 g/mol. The summed E-state index contributed by atoms with van der Waals surface area (Å²) in [5, 5.41) is 18.3. The second kappa shape index (κ2) is 11.3. The first-order valence-electron chi connectivity index (χ1n) is 9.90. The molecular formula is C21H34N4OS. The quantitative estimate of drug-likeness (QED) is 0.329. The van der Waals surface area contributed by atoms with Crippen LogP contribution in [0.15, 0.2) is 35.3 Å². The number of benzene rings is 1. The molecule has 150 valence electrons. The number of hydrogen-bond acceptors (Lipinski definition) is 4. The number of aliphatic imine (C=N–C) groups is 1. The van der Waals surface area contributed by atoms with Crippen molar-refractivity contribution in [3.63, 3.8) is 0 Å². The second-order valence-corrected chi connectivity index (χ2v) is 8.25. The van der Waals surface area contributed by atoms with E-state index in [1.807, 2.05) is 12.1 Å². The number of hydrogen-bond donors (Lipinski definition) is 3. The lowest BCUT2D eigenvalue weighted by Crippen LogP contribution is -2.38. The van der Waals surface area contributed by atoms with E-state index in [1.54, 1.807) is 11.3 Å². The smallest absolute Gasteiger partial charge is 0.191 e. The van der Waals surface area contributed by atoms with E-state index in [1.165, 1.54) is 10.1 Å². The van der Waals surface area contributed by atoms with Crippen LogP contribution >= 0.6 is 11.3 Å². The van der Waals surface area contributed by atoms with Crippen LogP contribution in [0.3, 0.4) is 0 Å². The van der Waals surface area contributed by atoms with E-state index in [0.717, 1.165) is 43.3 Å². The Kier molecular flexibility index (Phi) is 9.04. The Balaban J connectivity index is 1.81. The van der Waals surface area contributed by atoms with Crippen LogP contribution < -0.4 is 10.6 Å². The molecule has 1 aromatic carbocycles. The van der Waals surface area contributed by atoms with Gasteiger partial charge in [-0.3, -0.25) is 4.99 Å². The Morgan fingerprint density at radius 3 is 2.70 bits per heavy atom. The third-order valence-corrected chi connectivity index (χ3v) is 5.87. The van der Waals surface area contributed by atoms with Crippen LogP contribution in [-0.2, 0) is 0 Å². The summed E-state index contributed by atoms with van der Waals surface area (Å²) in [5.41, 5.74) is 0. The SMILES string of the molecule is CCNC(=NCC(O)c1cc2ccccc2s1)NCCCCN(C)C(C)C. The van der Waals surface area contributed by atoms with Crippen molar-refractivity contribution < 1.29 is 5.11 Å². The predicted octanol–water partition coefficient (Wildman–Crippen LogP) is 3.61. The molecule has 1 atom stereocenters. The highest BCUT2D eigenvalue weighted by molar-refractivity contribution is 7.19. The van der Waals surface area contributed by atoms with Crippen LogP contribution in [0.25, 0.3) is 10.1 Å². The summed E-state index contributed by atoms with van der Waals surface area (Å²) in [4.78, 5) is 7.89. The van der Waals surface area contributed by atoms with Crippen molar-refractivity contribution in [3.8, 4) is 0 Å². The highest BCUT2D eigenvalue weighted by Crippen LogP contribution is 2.29. The van der Waals surface area contributed by atoms with Gasteiger partial charge in [-0.2, -0.15) is 0 Å². The number of thiophene rings is 1. The van der Waals surface area contributed by atoms with E-state index >= 15 is 0 Å². The Hall–Kier alpha value is -1.63. The molecule has 1 unspecified atom stereocenters. The summed E-state index contributed by atoms with van der Waals surface area (Å²) in [5.74, 6) is 0.773. The number of aliphatic hydroxyl groups excluding tert-OH is 1. The zero-order valence-corrected chi connectivity index (χ0v) is 17.9. The molecule has 1 heterocycles. The van der Waals surface area contributed by atoms with Crippen LogP contribution in [0.1, 0.15) is 44.6 Å². The lowest BCUT2D eigenvalue weighted by atomic mass is 10.2. The van der Waals surface area contributed by atoms with Crippen molar-refractivity contribution in [2.45, 2.75) is 45.8 Å². The van der Waals surface area contributed by atoms with Gasteiger partial charge in [-0.25, -0.2) is 0 Å². The molecule has 0 fully saturated rings. The van der Waals surface area contributed by atoms with Crippen molar-refractivity contribution >= 4 is 27.4 Å². The molecule has 27 heavy (non-hydrogen) atoms. The van der Waals surface area contributed by atoms with Gasteiger partial charge in [0.15, 0.2) is 5.96 Å². The number of nitrogens with zero attached hydrogens (tertiary/aromatic N) is 2. The maximum atomic E-state index is 10.5. The zero-order chi connectivity index (χ0) is 19.6. The Bertz CT molecular complexity index is 680. The summed E-state index contributed by atoms with van der Waals surface area (Å²) in [6, 6.07) is 10.9. The molecule has 5 nitrogen and oxygen atoms in total. The number of fused-ring (bicyclic) bond motifs is 1. The first-order chi connectivity index (χ1) is 13.0. The molecule has 1 aromatic heterocycles. The largest absolute Gasteiger partial charge is 0.386 e. The molecule has 0 saturated carbocycles. The highest BCUT2D eigenvalue weighted by Gasteiger charge is 2.11. The minimum absolute atomic E-state index is 0.359. The van der Waals surface area contributed by atoms with Crippen LogP contribution in [0, 0.1) is 0 Å². The van der Waals surface area contributed by atoms with Crippen molar-refractivity contribution in [1.29, 1.82) is 0 Å². The van der Waals surface area contributed by atoms with E-state index < -0.39 is 6.10 Å². The molecule has 0 bridgehead atoms. The normalized spacial score (nSPS) is 13.5. The van der Waals surface area contributed by atoms with Gasteiger partial charge in [-0.05, 0) is 64.7 Å². The number of guanidine groups is 1. The fraction of sp³-hybridized carbons (Fsp3) is 0.571. The van der Waals surface area contributed by atoms with E-state index in [4.69, 9.17) is 0 Å². The molecule has 0 aliphatic heterocycles. The van der Waals surface area contributed by atoms with Gasteiger partial charge in [0, 0.05) is 28.7 Å². The van der Waals surface area contributed by atoms with Crippen molar-refractivity contribution in [1.82, 2.24) is 15.5 Å². The third-order valence-electron chi connectivity index (χ3n) is 4.65. The van der Waals surface area contributed by atoms with E-state index in [9.17, 15) is 5.11 Å². The van der Waals surface area contributed by atoms with Gasteiger partial charge in [0.05, 0.1) is 6.54 Å². The second-order valence-electron chi connectivity index (χ2n) is 7.13. The first kappa shape index (κ1) is 21.7. The molecule has 6 heteroatoms. The number of aliphatic hydroxyl groups is 1. The van der Waals surface area contributed by atoms with Crippen molar-refractivity contribution in [2.75, 3.05) is 33.2 Å². The molecule has 0 amide bonds. The van der Waals surface area contributed by atoms with Gasteiger partial charge in [0.1, 0.15) is 6.10 Å². The fourth-order valence-electron chi connectivity index (χ4n) is 2.73. The Labute approximate surface area is 167 Å². The van der Waals surface area contributed by atoms with Crippen molar-refractivity contribution in [2.24, 2.45) is 4.99 Å². The summed E-state index contributed by atoms with van der Waals surface area (Å²) >= 11 is 1.64. The van der Waals surface area contributed by atoms with Crippen molar-refractivity contribution in [3.05, 3.63) is 35.2 Å². The highest BCUT2D eigenvalue weighted by atomic mass is 32.1. The molecule has 2 aromatic rings. The van der Waals surface area contributed by atoms with Crippen LogP contribution in [-0.4, -0.2) is 55.2 Å². The number of unbranched alkanes of at least 4 members (excludes halogenated alkanes) is 1. The fourth-order valence-corrected chi connectivity index (χ4v) is 3.77. The summed E-state index contributed by atoms with van der Waals surface area (Å²) in [6.45, 7) is 9.65. The maximum Gasteiger partial charge on any atom is 0.191 e. The minimum Gasteiger partial charge on any atom is -0.386 e.